The van der Waals surface area contributed by atoms with Gasteiger partial charge in [0.2, 0.25) is 0 Å². The van der Waals surface area contributed by atoms with Crippen LogP contribution in [0.3, 0.4) is 0 Å². The number of aromatic carboxylic acids is 2. The summed E-state index contributed by atoms with van der Waals surface area (Å²) in [5.74, 6) is -2.46. The van der Waals surface area contributed by atoms with Crippen molar-refractivity contribution in [3.05, 3.63) is 48.0 Å². The van der Waals surface area contributed by atoms with Crippen LogP contribution in [-0.4, -0.2) is 22.2 Å². The highest BCUT2D eigenvalue weighted by Gasteiger charge is 2.13. The van der Waals surface area contributed by atoms with Gasteiger partial charge in [0.15, 0.2) is 0 Å². The Labute approximate surface area is 119 Å². The molecule has 0 saturated carbocycles. The van der Waals surface area contributed by atoms with E-state index in [1.165, 1.54) is 56.4 Å². The lowest BCUT2D eigenvalue weighted by molar-refractivity contribution is 0.0651. The zero-order valence-electron chi connectivity index (χ0n) is 11.8. The molecule has 110 valence electrons. The van der Waals surface area contributed by atoms with Crippen molar-refractivity contribution in [1.29, 1.82) is 0 Å². The molecule has 0 aromatic heterocycles. The minimum atomic E-state index is -1.23. The lowest BCUT2D eigenvalue weighted by atomic mass is 10.1. The van der Waals surface area contributed by atoms with E-state index in [0.29, 0.717) is 0 Å². The molecule has 1 rings (SSSR count). The molecule has 0 saturated heterocycles. The highest BCUT2D eigenvalue weighted by atomic mass is 16.4. The average Bonchev–Trinajstić information content (AvgIpc) is 2.44. The monoisotopic (exact) mass is 278 g/mol. The van der Waals surface area contributed by atoms with Crippen molar-refractivity contribution in [3.8, 4) is 0 Å². The molecule has 0 amide bonds. The minimum absolute atomic E-state index is 0.190. The van der Waals surface area contributed by atoms with Gasteiger partial charge in [-0.2, -0.15) is 0 Å². The highest BCUT2D eigenvalue weighted by molar-refractivity contribution is 6.01. The van der Waals surface area contributed by atoms with Crippen molar-refractivity contribution in [3.63, 3.8) is 0 Å². The Morgan fingerprint density at radius 2 is 1.55 bits per heavy atom. The summed E-state index contributed by atoms with van der Waals surface area (Å²) in [6.07, 6.45) is 8.61. The number of allylic oxidation sites excluding steroid dienone is 1. The lowest BCUT2D eigenvalue weighted by Gasteiger charge is -1.98. The number of carboxylic acids is 2. The quantitative estimate of drug-likeness (QED) is 0.578. The van der Waals surface area contributed by atoms with E-state index in [4.69, 9.17) is 10.2 Å². The van der Waals surface area contributed by atoms with E-state index in [2.05, 4.69) is 13.5 Å². The molecule has 0 radical (unpaired) electrons. The Balaban J connectivity index is 0.000000396. The summed E-state index contributed by atoms with van der Waals surface area (Å²) in [6.45, 7) is 5.89. The zero-order chi connectivity index (χ0) is 15.4. The fourth-order valence-electron chi connectivity index (χ4n) is 1.57. The van der Waals surface area contributed by atoms with Gasteiger partial charge in [0, 0.05) is 0 Å². The topological polar surface area (TPSA) is 74.6 Å². The van der Waals surface area contributed by atoms with Gasteiger partial charge < -0.3 is 10.2 Å². The van der Waals surface area contributed by atoms with Crippen molar-refractivity contribution in [2.24, 2.45) is 0 Å². The molecule has 0 unspecified atom stereocenters. The second-order valence-corrected chi connectivity index (χ2v) is 4.29. The van der Waals surface area contributed by atoms with Crippen LogP contribution in [0, 0.1) is 0 Å². The standard InChI is InChI=1S/C8H6O4.C8H16/c9-7(10)5-3-1-2-4-6(5)8(11)12;1-3-5-7-8-6-4-2/h1-4H,(H,9,10)(H,11,12);3H,1,4-8H2,2H3. The van der Waals surface area contributed by atoms with Crippen LogP contribution in [0.5, 0.6) is 0 Å². The number of carbonyl (C=O) groups is 2. The van der Waals surface area contributed by atoms with Gasteiger partial charge in [0.05, 0.1) is 11.1 Å². The van der Waals surface area contributed by atoms with Crippen LogP contribution in [0.25, 0.3) is 0 Å². The van der Waals surface area contributed by atoms with E-state index in [9.17, 15) is 9.59 Å². The predicted octanol–water partition coefficient (Wildman–Crippen LogP) is 4.23. The molecule has 0 heterocycles. The Morgan fingerprint density at radius 1 is 1.05 bits per heavy atom. The molecule has 4 nitrogen and oxygen atoms in total. The summed E-state index contributed by atoms with van der Waals surface area (Å²) in [7, 11) is 0. The number of unbranched alkanes of at least 4 members (excludes halogenated alkanes) is 4. The summed E-state index contributed by atoms with van der Waals surface area (Å²) in [4.78, 5) is 20.9. The lowest BCUT2D eigenvalue weighted by Crippen LogP contribution is -2.06. The molecule has 0 atom stereocenters. The maximum Gasteiger partial charge on any atom is 0.336 e. The maximum absolute atomic E-state index is 10.5. The number of benzene rings is 1. The predicted molar refractivity (Wildman–Crippen MR) is 79.3 cm³/mol. The Hall–Kier alpha value is -2.10. The van der Waals surface area contributed by atoms with Crippen LogP contribution < -0.4 is 0 Å². The van der Waals surface area contributed by atoms with Gasteiger partial charge in [-0.05, 0) is 25.0 Å². The summed E-state index contributed by atoms with van der Waals surface area (Å²) in [5.41, 5.74) is -0.380. The van der Waals surface area contributed by atoms with Crippen LogP contribution in [-0.2, 0) is 0 Å². The van der Waals surface area contributed by atoms with E-state index >= 15 is 0 Å². The Bertz CT molecular complexity index is 405. The molecule has 0 bridgehead atoms. The SMILES string of the molecule is C=CCCCCCC.O=C(O)c1ccccc1C(=O)O. The average molecular weight is 278 g/mol. The van der Waals surface area contributed by atoms with Crippen LogP contribution in [0.1, 0.15) is 59.7 Å². The van der Waals surface area contributed by atoms with E-state index in [1.807, 2.05) is 6.08 Å². The van der Waals surface area contributed by atoms with Crippen molar-refractivity contribution >= 4 is 11.9 Å². The third kappa shape index (κ3) is 7.36. The van der Waals surface area contributed by atoms with Crippen LogP contribution >= 0.6 is 0 Å². The zero-order valence-corrected chi connectivity index (χ0v) is 11.8. The molecule has 0 fully saturated rings. The summed E-state index contributed by atoms with van der Waals surface area (Å²) in [5, 5.41) is 17.1. The van der Waals surface area contributed by atoms with Gasteiger partial charge in [-0.15, -0.1) is 6.58 Å². The first-order valence-corrected chi connectivity index (χ1v) is 6.71. The van der Waals surface area contributed by atoms with Gasteiger partial charge in [-0.1, -0.05) is 44.4 Å². The fraction of sp³-hybridized carbons (Fsp3) is 0.375. The first-order chi connectivity index (χ1) is 9.54. The molecule has 4 heteroatoms. The first kappa shape index (κ1) is 17.9. The van der Waals surface area contributed by atoms with Gasteiger partial charge in [0.1, 0.15) is 0 Å². The van der Waals surface area contributed by atoms with Crippen molar-refractivity contribution in [2.75, 3.05) is 0 Å². The molecule has 0 aliphatic carbocycles. The minimum Gasteiger partial charge on any atom is -0.478 e. The number of hydrogen-bond donors (Lipinski definition) is 2. The van der Waals surface area contributed by atoms with Crippen molar-refractivity contribution in [2.45, 2.75) is 39.0 Å². The smallest absolute Gasteiger partial charge is 0.336 e. The molecule has 1 aromatic carbocycles. The van der Waals surface area contributed by atoms with E-state index in [0.717, 1.165) is 0 Å². The van der Waals surface area contributed by atoms with E-state index in [-0.39, 0.29) is 11.1 Å². The van der Waals surface area contributed by atoms with Gasteiger partial charge in [-0.3, -0.25) is 0 Å². The van der Waals surface area contributed by atoms with Crippen LogP contribution in [0.4, 0.5) is 0 Å². The molecule has 0 spiro atoms. The molecule has 20 heavy (non-hydrogen) atoms. The number of hydrogen-bond acceptors (Lipinski definition) is 2. The number of carboxylic acid groups (broad SMARTS) is 2. The Kier molecular flexibility index (Phi) is 9.66. The summed E-state index contributed by atoms with van der Waals surface area (Å²) < 4.78 is 0. The third-order valence-electron chi connectivity index (χ3n) is 2.65. The van der Waals surface area contributed by atoms with Crippen LogP contribution in [0.15, 0.2) is 36.9 Å². The van der Waals surface area contributed by atoms with Gasteiger partial charge >= 0.3 is 11.9 Å². The molecule has 2 N–H and O–H groups in total. The summed E-state index contributed by atoms with van der Waals surface area (Å²) in [6, 6.07) is 5.48. The van der Waals surface area contributed by atoms with Crippen molar-refractivity contribution < 1.29 is 19.8 Å². The Morgan fingerprint density at radius 3 is 1.90 bits per heavy atom. The molecule has 0 aliphatic heterocycles. The largest absolute Gasteiger partial charge is 0.478 e. The first-order valence-electron chi connectivity index (χ1n) is 6.71. The van der Waals surface area contributed by atoms with E-state index < -0.39 is 11.9 Å². The normalized spacial score (nSPS) is 9.25. The highest BCUT2D eigenvalue weighted by Crippen LogP contribution is 2.07. The maximum atomic E-state index is 10.5. The van der Waals surface area contributed by atoms with E-state index in [1.54, 1.807) is 0 Å². The molecule has 1 aromatic rings. The second-order valence-electron chi connectivity index (χ2n) is 4.29. The third-order valence-corrected chi connectivity index (χ3v) is 2.65. The van der Waals surface area contributed by atoms with Gasteiger partial charge in [-0.25, -0.2) is 9.59 Å². The fourth-order valence-corrected chi connectivity index (χ4v) is 1.57. The molecule has 0 aliphatic rings. The number of rotatable bonds is 7. The second kappa shape index (κ2) is 10.8. The molecular formula is C16H22O4. The van der Waals surface area contributed by atoms with Gasteiger partial charge in [0.25, 0.3) is 0 Å². The summed E-state index contributed by atoms with van der Waals surface area (Å²) >= 11 is 0. The van der Waals surface area contributed by atoms with Crippen LogP contribution in [0.2, 0.25) is 0 Å². The molecular weight excluding hydrogens is 256 g/mol. The van der Waals surface area contributed by atoms with Crippen molar-refractivity contribution in [1.82, 2.24) is 0 Å².